The van der Waals surface area contributed by atoms with Crippen LogP contribution in [0.4, 0.5) is 11.4 Å². The van der Waals surface area contributed by atoms with Crippen molar-refractivity contribution in [3.63, 3.8) is 0 Å². The minimum absolute atomic E-state index is 0.0105. The molecule has 32 N–H and O–H groups in total. The first-order chi connectivity index (χ1) is 68.9. The number of carboxylic acids is 3. The molecule has 54 nitrogen and oxygen atoms in total. The summed E-state index contributed by atoms with van der Waals surface area (Å²) in [6.07, 6.45) is -7.39. The van der Waals surface area contributed by atoms with E-state index in [-0.39, 0.29) is 194 Å². The Bertz CT molecular complexity index is 5630. The van der Waals surface area contributed by atoms with Crippen molar-refractivity contribution in [1.29, 1.82) is 5.41 Å². The highest BCUT2D eigenvalue weighted by Crippen LogP contribution is 2.44. The number of hydrogen-bond acceptors (Lipinski definition) is 33. The summed E-state index contributed by atoms with van der Waals surface area (Å²) in [6, 6.07) is -3.98. The second kappa shape index (κ2) is 55.7. The van der Waals surface area contributed by atoms with E-state index in [9.17, 15) is 153 Å². The van der Waals surface area contributed by atoms with E-state index < -0.39 is 262 Å². The van der Waals surface area contributed by atoms with E-state index in [0.29, 0.717) is 16.5 Å². The largest absolute Gasteiger partial charge is 0.508 e. The van der Waals surface area contributed by atoms with Crippen molar-refractivity contribution >= 4 is 159 Å². The third-order valence-electron chi connectivity index (χ3n) is 23.3. The molecule has 4 heterocycles. The number of aliphatic hydroxyl groups is 4. The molecular formula is C90H120N22O32S. The molecule has 145 heavy (non-hydrogen) atoms. The van der Waals surface area contributed by atoms with Crippen molar-refractivity contribution in [3.05, 3.63) is 93.8 Å². The zero-order valence-electron chi connectivity index (χ0n) is 78.6. The number of rotatable bonds is 50. The van der Waals surface area contributed by atoms with Crippen LogP contribution in [0.15, 0.2) is 81.6 Å². The first kappa shape index (κ1) is 115. The highest BCUT2D eigenvalue weighted by molar-refractivity contribution is 7.80. The van der Waals surface area contributed by atoms with Gasteiger partial charge >= 0.3 is 17.9 Å². The number of carbonyl (C=O) groups is 18. The number of amides is 15. The lowest BCUT2D eigenvalue weighted by Gasteiger charge is -2.47. The van der Waals surface area contributed by atoms with E-state index in [1.165, 1.54) is 60.4 Å². The lowest BCUT2D eigenvalue weighted by molar-refractivity contribution is -0.150. The quantitative estimate of drug-likeness (QED) is 0.00198. The molecule has 2 fully saturated rings. The molecule has 15 amide bonds. The Morgan fingerprint density at radius 1 is 0.579 bits per heavy atom. The lowest BCUT2D eigenvalue weighted by Crippen LogP contribution is -2.66. The number of thiocarbonyl (C=S) groups is 1. The SMILES string of the molecule is CC(O)C1NC(=O)C(CCCN(O)C=O)NC(=O)C(NC(=O)C(CCCN(O)C=O)NC(=O)C(CO)NC(=O)C(CCCNC(=N)N)NC(=O)C(CO)NC(=O)C2CCNC3C(NC(=O)CCCC(=O)NC(CCC(=O)O)C(=O)NC(CCCCNC(=S)Nc4ccc(-c5c6ccc(=O)cc-6oc6cc(O)ccc56)c(C(=O)O)c4)C(=O)NCC(=O)O)=Cc4cc(O)c(O)cc4N23)CCCCNC(=O)C(C(C)O)NC1=O. The summed E-state index contributed by atoms with van der Waals surface area (Å²) in [5, 5.41) is 175. The number of phenols is 3. The predicted octanol–water partition coefficient (Wildman–Crippen LogP) is -5.85. The Kier molecular flexibility index (Phi) is 44.1. The molecular weight excluding hydrogens is 1930 g/mol. The van der Waals surface area contributed by atoms with Crippen LogP contribution in [-0.4, -0.2) is 334 Å². The number of hydrogen-bond donors (Lipinski definition) is 31. The molecule has 5 aliphatic rings. The number of fused-ring (bicyclic) bond motifs is 5. The van der Waals surface area contributed by atoms with Crippen LogP contribution in [0, 0.1) is 5.41 Å². The maximum Gasteiger partial charge on any atom is 0.336 e. The van der Waals surface area contributed by atoms with Crippen molar-refractivity contribution in [2.45, 2.75) is 214 Å². The second-order valence-corrected chi connectivity index (χ2v) is 34.6. The number of nitrogens with zero attached hydrogens (tertiary/aromatic N) is 3. The number of phenolic OH excluding ortho intramolecular Hbond substituents is 3. The molecule has 8 rings (SSSR count). The molecule has 14 unspecified atom stereocenters. The molecule has 1 aliphatic carbocycles. The van der Waals surface area contributed by atoms with Gasteiger partial charge in [-0.2, -0.15) is 0 Å². The van der Waals surface area contributed by atoms with Gasteiger partial charge in [-0.25, -0.2) is 14.9 Å². The summed E-state index contributed by atoms with van der Waals surface area (Å²) < 4.78 is 5.91. The zero-order chi connectivity index (χ0) is 107. The van der Waals surface area contributed by atoms with E-state index in [4.69, 9.17) is 27.8 Å². The molecule has 2 saturated heterocycles. The van der Waals surface area contributed by atoms with Crippen LogP contribution in [0.25, 0.3) is 39.5 Å². The fourth-order valence-corrected chi connectivity index (χ4v) is 16.1. The number of aliphatic carboxylic acids is 2. The number of nitrogens with one attached hydrogen (secondary N) is 18. The van der Waals surface area contributed by atoms with Crippen LogP contribution in [0.3, 0.4) is 0 Å². The van der Waals surface area contributed by atoms with Crippen LogP contribution in [0.1, 0.15) is 145 Å². The number of nitrogens with two attached hydrogens (primary N) is 1. The predicted molar refractivity (Wildman–Crippen MR) is 512 cm³/mol. The van der Waals surface area contributed by atoms with Crippen molar-refractivity contribution < 1.29 is 152 Å². The Hall–Kier alpha value is -15.6. The van der Waals surface area contributed by atoms with Gasteiger partial charge in [0.1, 0.15) is 96.3 Å². The van der Waals surface area contributed by atoms with Gasteiger partial charge in [0.2, 0.25) is 89.6 Å². The van der Waals surface area contributed by atoms with Gasteiger partial charge in [-0.05, 0) is 183 Å². The topological polar surface area (TPSA) is 844 Å². The van der Waals surface area contributed by atoms with E-state index >= 15 is 0 Å². The van der Waals surface area contributed by atoms with E-state index in [1.807, 2.05) is 0 Å². The highest BCUT2D eigenvalue weighted by atomic mass is 32.1. The maximum absolute atomic E-state index is 14.8. The summed E-state index contributed by atoms with van der Waals surface area (Å²) >= 11 is 5.51. The van der Waals surface area contributed by atoms with Crippen LogP contribution in [0.2, 0.25) is 0 Å². The van der Waals surface area contributed by atoms with Gasteiger partial charge in [0.05, 0.1) is 42.4 Å². The standard InChI is InChI=1S/C90H120N22O32S/c1-44(117)74-86(138)94-27-5-3-12-55(78(130)103-58(15-10-32-111(143)43-116)82(134)108-75(45(2)118)87(139)109-74)102-79(131)57(14-9-31-110(142)42-115)105-83(135)61(40-113)106-80(132)56(13-8-29-95-89(91)92)104-84(136)62(41-114)107-85(137)63-26-30-93-76-60(33-46-34-65(121)66(122)38-64(46)112(63)76)100-70(124)17-7-16-69(123)99-59(24-25-71(125)126)81(133)101-54(77(129)97-39-72(127)128)11-4-6-28-96-90(145)98-47-18-21-50(53(35-47)88(140)141)73-51-22-19-48(119)36-67(51)144-68-37-49(120)20-23-52(68)73/h18-23,33-38,42-45,54-59,61-63,74-76,93,113-114,117-119,121-122,142-143H,3-17,24-32,39-41H2,1-2H3,(H,94,138)(H,97,129)(H,99,123)(H,100,124)(H,101,133)(H,102,131)(H,103,130)(H,104,136)(H,105,135)(H,106,132)(H,107,137)(H,108,134)(H,109,139)(H,125,126)(H,127,128)(H,140,141)(H4,91,92,95)(H2,96,98,145). The number of unbranched alkanes of at least 4 members (excludes halogenated alkanes) is 1. The molecule has 0 aromatic heterocycles. The number of carbonyl (C=O) groups excluding carboxylic acids is 15. The van der Waals surface area contributed by atoms with Crippen LogP contribution in [-0.2, 0) is 81.5 Å². The smallest absolute Gasteiger partial charge is 0.336 e. The summed E-state index contributed by atoms with van der Waals surface area (Å²) in [7, 11) is 0. The maximum atomic E-state index is 14.8. The van der Waals surface area contributed by atoms with Crippen molar-refractivity contribution in [2.24, 2.45) is 5.73 Å². The highest BCUT2D eigenvalue weighted by Gasteiger charge is 2.44. The van der Waals surface area contributed by atoms with Crippen molar-refractivity contribution in [3.8, 4) is 39.7 Å². The summed E-state index contributed by atoms with van der Waals surface area (Å²) in [6.45, 7) is -2.10. The molecule has 14 atom stereocenters. The summed E-state index contributed by atoms with van der Waals surface area (Å²) in [5.74, 6) is -19.9. The average Bonchev–Trinajstić information content (AvgIpc) is 0.749. The molecule has 55 heteroatoms. The fraction of sp³-hybridized carbons (Fsp3) is 0.478. The number of guanidine groups is 1. The van der Waals surface area contributed by atoms with Crippen LogP contribution < -0.4 is 106 Å². The lowest BCUT2D eigenvalue weighted by atomic mass is 9.90. The minimum atomic E-state index is -2.04. The van der Waals surface area contributed by atoms with E-state index in [1.54, 1.807) is 12.1 Å². The van der Waals surface area contributed by atoms with Gasteiger partial charge in [-0.1, -0.05) is 6.07 Å². The molecule has 0 radical (unpaired) electrons. The Labute approximate surface area is 831 Å². The van der Waals surface area contributed by atoms with Gasteiger partial charge in [-0.15, -0.1) is 0 Å². The van der Waals surface area contributed by atoms with Gasteiger partial charge in [0, 0.05) is 97.9 Å². The number of hydroxylamine groups is 4. The van der Waals surface area contributed by atoms with E-state index in [2.05, 4.69) is 90.4 Å². The first-order valence-corrected chi connectivity index (χ1v) is 46.5. The van der Waals surface area contributed by atoms with Gasteiger partial charge in [0.25, 0.3) is 0 Å². The summed E-state index contributed by atoms with van der Waals surface area (Å²) in [5.41, 5.74) is 6.56. The zero-order valence-corrected chi connectivity index (χ0v) is 79.4. The molecule has 4 aliphatic heterocycles. The van der Waals surface area contributed by atoms with Crippen molar-refractivity contribution in [2.75, 3.05) is 69.2 Å². The van der Waals surface area contributed by atoms with Gasteiger partial charge < -0.3 is 151 Å². The first-order valence-electron chi connectivity index (χ1n) is 46.1. The van der Waals surface area contributed by atoms with Gasteiger partial charge in [-0.3, -0.25) is 107 Å². The Morgan fingerprint density at radius 3 is 1.82 bits per heavy atom. The number of aromatic hydroxyl groups is 3. The second-order valence-electron chi connectivity index (χ2n) is 34.2. The summed E-state index contributed by atoms with van der Waals surface area (Å²) in [4.78, 5) is 256. The number of carboxylic acid groups (broad SMARTS) is 3. The normalized spacial score (nSPS) is 18.1. The van der Waals surface area contributed by atoms with Crippen LogP contribution in [0.5, 0.6) is 17.2 Å². The molecule has 3 aromatic rings. The third kappa shape index (κ3) is 34.4. The minimum Gasteiger partial charge on any atom is -0.508 e. The Morgan fingerprint density at radius 2 is 1.17 bits per heavy atom. The third-order valence-corrected chi connectivity index (χ3v) is 23.5. The average molecular weight is 2050 g/mol. The molecule has 3 aromatic carbocycles. The number of aliphatic hydroxyl groups excluding tert-OH is 4. The molecule has 788 valence electrons. The number of benzene rings is 4. The molecule has 0 spiro atoms. The number of aromatic carboxylic acids is 1. The molecule has 0 bridgehead atoms. The van der Waals surface area contributed by atoms with Crippen molar-refractivity contribution in [1.82, 2.24) is 95.2 Å². The fourth-order valence-electron chi connectivity index (χ4n) is 15.9. The van der Waals surface area contributed by atoms with E-state index in [0.717, 1.165) is 19.1 Å². The number of anilines is 2. The Balaban J connectivity index is 0.899. The monoisotopic (exact) mass is 2050 g/mol. The van der Waals surface area contributed by atoms with Crippen LogP contribution >= 0.6 is 12.2 Å². The van der Waals surface area contributed by atoms with Gasteiger partial charge in [0.15, 0.2) is 28.0 Å². The molecule has 0 saturated carbocycles.